The highest BCUT2D eigenvalue weighted by atomic mass is 16.5. The van der Waals surface area contributed by atoms with E-state index in [0.717, 1.165) is 12.8 Å². The summed E-state index contributed by atoms with van der Waals surface area (Å²) in [5.74, 6) is 1.49. The average molecular weight is 336 g/mol. The zero-order chi connectivity index (χ0) is 17.8. The molecule has 0 heterocycles. The highest BCUT2D eigenvalue weighted by molar-refractivity contribution is 5.87. The molecule has 0 saturated carbocycles. The van der Waals surface area contributed by atoms with E-state index in [-0.39, 0.29) is 5.91 Å². The monoisotopic (exact) mass is 336 g/mol. The Kier molecular flexibility index (Phi) is 9.34. The number of hydrogen-bond acceptors (Lipinski definition) is 5. The van der Waals surface area contributed by atoms with Gasteiger partial charge in [-0.2, -0.15) is 5.10 Å². The number of benzene rings is 1. The number of hydrazone groups is 1. The fourth-order valence-corrected chi connectivity index (χ4v) is 2.34. The topological polar surface area (TPSA) is 69.2 Å². The maximum absolute atomic E-state index is 11.7. The molecular formula is C18H28N2O4. The smallest absolute Gasteiger partial charge is 0.240 e. The van der Waals surface area contributed by atoms with E-state index in [1.165, 1.54) is 25.5 Å². The molecule has 0 aliphatic carbocycles. The molecule has 6 heteroatoms. The molecule has 1 N–H and O–H groups in total. The third-order valence-corrected chi connectivity index (χ3v) is 3.63. The summed E-state index contributed by atoms with van der Waals surface area (Å²) in [4.78, 5) is 11.7. The lowest BCUT2D eigenvalue weighted by molar-refractivity contribution is -0.121. The van der Waals surface area contributed by atoms with Gasteiger partial charge in [-0.15, -0.1) is 0 Å². The van der Waals surface area contributed by atoms with E-state index in [1.54, 1.807) is 33.5 Å². The Labute approximate surface area is 144 Å². The number of nitrogens with zero attached hydrogens (tertiary/aromatic N) is 1. The SMILES string of the molecule is CCCCCCCC(=O)NN=Cc1ccc(OC)c(OC)c1OC. The van der Waals surface area contributed by atoms with Gasteiger partial charge in [0.25, 0.3) is 0 Å². The molecule has 0 unspecified atom stereocenters. The van der Waals surface area contributed by atoms with E-state index in [0.29, 0.717) is 29.2 Å². The van der Waals surface area contributed by atoms with Gasteiger partial charge in [-0.05, 0) is 18.6 Å². The molecule has 0 radical (unpaired) electrons. The first-order valence-corrected chi connectivity index (χ1v) is 8.28. The van der Waals surface area contributed by atoms with Crippen LogP contribution in [0.25, 0.3) is 0 Å². The molecule has 1 aromatic rings. The standard InChI is InChI=1S/C18H28N2O4/c1-5-6-7-8-9-10-16(21)20-19-13-14-11-12-15(22-2)18(24-4)17(14)23-3/h11-13H,5-10H2,1-4H3,(H,20,21). The minimum absolute atomic E-state index is 0.0813. The molecular weight excluding hydrogens is 308 g/mol. The lowest BCUT2D eigenvalue weighted by atomic mass is 10.1. The van der Waals surface area contributed by atoms with Crippen LogP contribution >= 0.6 is 0 Å². The Morgan fingerprint density at radius 3 is 2.38 bits per heavy atom. The minimum atomic E-state index is -0.0813. The van der Waals surface area contributed by atoms with Crippen LogP contribution in [-0.4, -0.2) is 33.5 Å². The number of methoxy groups -OCH3 is 3. The summed E-state index contributed by atoms with van der Waals surface area (Å²) in [6.07, 6.45) is 7.59. The number of carbonyl (C=O) groups excluding carboxylic acids is 1. The molecule has 0 bridgehead atoms. The number of ether oxygens (including phenoxy) is 3. The Hall–Kier alpha value is -2.24. The zero-order valence-electron chi connectivity index (χ0n) is 15.1. The first-order valence-electron chi connectivity index (χ1n) is 8.28. The number of nitrogens with one attached hydrogen (secondary N) is 1. The number of carbonyl (C=O) groups is 1. The first kappa shape index (κ1) is 19.8. The van der Waals surface area contributed by atoms with E-state index in [1.807, 2.05) is 0 Å². The van der Waals surface area contributed by atoms with E-state index >= 15 is 0 Å². The van der Waals surface area contributed by atoms with Crippen LogP contribution in [0.4, 0.5) is 0 Å². The van der Waals surface area contributed by atoms with Crippen LogP contribution in [0.1, 0.15) is 51.0 Å². The molecule has 0 saturated heterocycles. The van der Waals surface area contributed by atoms with Crippen molar-refractivity contribution in [3.8, 4) is 17.2 Å². The van der Waals surface area contributed by atoms with E-state index < -0.39 is 0 Å². The molecule has 1 rings (SSSR count). The second-order valence-corrected chi connectivity index (χ2v) is 5.38. The van der Waals surface area contributed by atoms with Gasteiger partial charge in [0.1, 0.15) is 0 Å². The van der Waals surface area contributed by atoms with Crippen molar-refractivity contribution in [2.24, 2.45) is 5.10 Å². The second kappa shape index (κ2) is 11.3. The van der Waals surface area contributed by atoms with Crippen LogP contribution in [0, 0.1) is 0 Å². The Morgan fingerprint density at radius 2 is 1.75 bits per heavy atom. The number of amides is 1. The number of hydrogen-bond donors (Lipinski definition) is 1. The Bertz CT molecular complexity index is 544. The molecule has 0 atom stereocenters. The third kappa shape index (κ3) is 6.10. The third-order valence-electron chi connectivity index (χ3n) is 3.63. The average Bonchev–Trinajstić information content (AvgIpc) is 2.60. The summed E-state index contributed by atoms with van der Waals surface area (Å²) >= 11 is 0. The van der Waals surface area contributed by atoms with E-state index in [9.17, 15) is 4.79 Å². The maximum atomic E-state index is 11.7. The summed E-state index contributed by atoms with van der Waals surface area (Å²) in [6.45, 7) is 2.17. The fourth-order valence-electron chi connectivity index (χ4n) is 2.34. The predicted molar refractivity (Wildman–Crippen MR) is 95.2 cm³/mol. The van der Waals surface area contributed by atoms with E-state index in [2.05, 4.69) is 17.5 Å². The summed E-state index contributed by atoms with van der Waals surface area (Å²) in [7, 11) is 4.65. The quantitative estimate of drug-likeness (QED) is 0.381. The maximum Gasteiger partial charge on any atom is 0.240 e. The van der Waals surface area contributed by atoms with Crippen LogP contribution in [-0.2, 0) is 4.79 Å². The van der Waals surface area contributed by atoms with Crippen molar-refractivity contribution in [3.05, 3.63) is 17.7 Å². The highest BCUT2D eigenvalue weighted by Gasteiger charge is 2.14. The second-order valence-electron chi connectivity index (χ2n) is 5.38. The zero-order valence-corrected chi connectivity index (χ0v) is 15.1. The summed E-state index contributed by atoms with van der Waals surface area (Å²) in [5.41, 5.74) is 3.24. The van der Waals surface area contributed by atoms with Crippen LogP contribution in [0.2, 0.25) is 0 Å². The first-order chi connectivity index (χ1) is 11.7. The lowest BCUT2D eigenvalue weighted by Gasteiger charge is -2.13. The van der Waals surface area contributed by atoms with Crippen LogP contribution in [0.5, 0.6) is 17.2 Å². The normalized spacial score (nSPS) is 10.7. The van der Waals surface area contributed by atoms with Gasteiger partial charge in [-0.1, -0.05) is 32.6 Å². The molecule has 0 fully saturated rings. The van der Waals surface area contributed by atoms with Gasteiger partial charge >= 0.3 is 0 Å². The Morgan fingerprint density at radius 1 is 1.04 bits per heavy atom. The van der Waals surface area contributed by atoms with Gasteiger partial charge < -0.3 is 14.2 Å². The van der Waals surface area contributed by atoms with Crippen LogP contribution in [0.3, 0.4) is 0 Å². The van der Waals surface area contributed by atoms with Gasteiger partial charge in [-0.25, -0.2) is 5.43 Å². The lowest BCUT2D eigenvalue weighted by Crippen LogP contribution is -2.17. The summed E-state index contributed by atoms with van der Waals surface area (Å²) < 4.78 is 15.9. The number of rotatable bonds is 11. The van der Waals surface area contributed by atoms with Crippen molar-refractivity contribution in [2.75, 3.05) is 21.3 Å². The molecule has 1 aromatic carbocycles. The van der Waals surface area contributed by atoms with Crippen molar-refractivity contribution in [1.82, 2.24) is 5.43 Å². The molecule has 0 aromatic heterocycles. The highest BCUT2D eigenvalue weighted by Crippen LogP contribution is 2.38. The van der Waals surface area contributed by atoms with Crippen LogP contribution in [0.15, 0.2) is 17.2 Å². The number of unbranched alkanes of at least 4 members (excludes halogenated alkanes) is 4. The van der Waals surface area contributed by atoms with Gasteiger partial charge in [0.15, 0.2) is 11.5 Å². The summed E-state index contributed by atoms with van der Waals surface area (Å²) in [5, 5.41) is 4.00. The molecule has 1 amide bonds. The largest absolute Gasteiger partial charge is 0.493 e. The van der Waals surface area contributed by atoms with Crippen molar-refractivity contribution < 1.29 is 19.0 Å². The molecule has 24 heavy (non-hydrogen) atoms. The predicted octanol–water partition coefficient (Wildman–Crippen LogP) is 3.52. The fraction of sp³-hybridized carbons (Fsp3) is 0.556. The van der Waals surface area contributed by atoms with Crippen molar-refractivity contribution in [3.63, 3.8) is 0 Å². The minimum Gasteiger partial charge on any atom is -0.493 e. The molecule has 0 spiro atoms. The van der Waals surface area contributed by atoms with Gasteiger partial charge in [0.05, 0.1) is 27.5 Å². The van der Waals surface area contributed by atoms with E-state index in [4.69, 9.17) is 14.2 Å². The van der Waals surface area contributed by atoms with Crippen molar-refractivity contribution >= 4 is 12.1 Å². The van der Waals surface area contributed by atoms with Gasteiger partial charge in [0, 0.05) is 12.0 Å². The van der Waals surface area contributed by atoms with Crippen LogP contribution < -0.4 is 19.6 Å². The summed E-state index contributed by atoms with van der Waals surface area (Å²) in [6, 6.07) is 3.55. The molecule has 0 aliphatic rings. The molecule has 6 nitrogen and oxygen atoms in total. The van der Waals surface area contributed by atoms with Crippen molar-refractivity contribution in [1.29, 1.82) is 0 Å². The van der Waals surface area contributed by atoms with Crippen molar-refractivity contribution in [2.45, 2.75) is 45.4 Å². The van der Waals surface area contributed by atoms with Gasteiger partial charge in [0.2, 0.25) is 11.7 Å². The van der Waals surface area contributed by atoms with Gasteiger partial charge in [-0.3, -0.25) is 4.79 Å². The molecule has 0 aliphatic heterocycles. The molecule has 134 valence electrons. The Balaban J connectivity index is 2.59.